The van der Waals surface area contributed by atoms with Gasteiger partial charge >= 0.3 is 14.2 Å². The highest BCUT2D eigenvalue weighted by atomic mass is 35.5. The Bertz CT molecular complexity index is 5970. The zero-order valence-corrected chi connectivity index (χ0v) is 73.8. The standard InChI is InChI=1S/C59H46N6.C29H42B2O4.C21H14ClN3/c1-3-59(4-2,51-37-33-49(34-38-51)57-62-53(45-21-13-7-14-22-45)60-55(64-57)47-29-25-43(26-30-47)41-17-9-5-10-18-41)52-39-35-50(36-40-52)58-63-54(46-23-15-8-16-24-46)61-56(65-58)48-31-27-44(28-32-48)42-19-11-6-12-20-42;1-11-29(12-2,21-13-17-23(18-14-21)30-32-25(3,4)26(5,6)33-30)22-15-19-24(20-16-22)31-34-27(7,8)28(9,10)35-31;22-21-24-19(17-9-5-2-6-10-17)23-20(25-21)18-13-11-16(12-14-18)15-7-3-1-4-8-15/h5-40H,3-4H2,1-2H3;13-20H,11-12H2,1-10H3;1-14H. The molecule has 0 spiro atoms. The molecule has 125 heavy (non-hydrogen) atoms. The van der Waals surface area contributed by atoms with Crippen molar-refractivity contribution in [2.75, 3.05) is 0 Å². The van der Waals surface area contributed by atoms with Crippen LogP contribution in [0.1, 0.15) is 131 Å². The minimum atomic E-state index is -0.342. The Balaban J connectivity index is 0.000000159. The molecule has 0 saturated carbocycles. The van der Waals surface area contributed by atoms with Crippen molar-refractivity contribution in [3.8, 4) is 124 Å². The van der Waals surface area contributed by atoms with Crippen LogP contribution in [-0.2, 0) is 29.4 Å². The van der Waals surface area contributed by atoms with Gasteiger partial charge in [0.05, 0.1) is 22.4 Å². The molecule has 2 aliphatic rings. The highest BCUT2D eigenvalue weighted by Gasteiger charge is 2.53. The molecule has 620 valence electrons. The first-order chi connectivity index (χ1) is 60.5. The van der Waals surface area contributed by atoms with Gasteiger partial charge in [-0.3, -0.25) is 0 Å². The zero-order valence-electron chi connectivity index (χ0n) is 73.0. The van der Waals surface area contributed by atoms with E-state index in [0.29, 0.717) is 46.6 Å². The van der Waals surface area contributed by atoms with Gasteiger partial charge in [-0.25, -0.2) is 34.9 Å². The Morgan fingerprint density at radius 1 is 0.208 bits per heavy atom. The number of aromatic nitrogens is 9. The molecule has 0 unspecified atom stereocenters. The maximum absolute atomic E-state index is 6.26. The van der Waals surface area contributed by atoms with E-state index >= 15 is 0 Å². The van der Waals surface area contributed by atoms with E-state index in [-0.39, 0.29) is 52.8 Å². The van der Waals surface area contributed by atoms with Gasteiger partial charge in [0.25, 0.3) is 0 Å². The van der Waals surface area contributed by atoms with Crippen molar-refractivity contribution < 1.29 is 18.6 Å². The van der Waals surface area contributed by atoms with Crippen LogP contribution in [0.4, 0.5) is 0 Å². The van der Waals surface area contributed by atoms with Gasteiger partial charge in [0.2, 0.25) is 5.28 Å². The smallest absolute Gasteiger partial charge is 0.399 e. The summed E-state index contributed by atoms with van der Waals surface area (Å²) in [7, 11) is -0.684. The van der Waals surface area contributed by atoms with Crippen LogP contribution in [0.25, 0.3) is 124 Å². The first-order valence-corrected chi connectivity index (χ1v) is 43.6. The second kappa shape index (κ2) is 36.9. The van der Waals surface area contributed by atoms with E-state index in [1.54, 1.807) is 0 Å². The van der Waals surface area contributed by atoms with E-state index in [9.17, 15) is 0 Å². The predicted molar refractivity (Wildman–Crippen MR) is 511 cm³/mol. The summed E-state index contributed by atoms with van der Waals surface area (Å²) in [4.78, 5) is 43.2. The molecular weight excluding hydrogens is 1560 g/mol. The van der Waals surface area contributed by atoms with Crippen LogP contribution in [0.5, 0.6) is 0 Å². The molecule has 0 bridgehead atoms. The number of halogens is 1. The van der Waals surface area contributed by atoms with Gasteiger partial charge in [-0.1, -0.05) is 380 Å². The normalized spacial score (nSPS) is 14.3. The van der Waals surface area contributed by atoms with Crippen molar-refractivity contribution >= 4 is 36.8 Å². The molecule has 0 aliphatic carbocycles. The van der Waals surface area contributed by atoms with Crippen LogP contribution in [0.15, 0.2) is 352 Å². The summed E-state index contributed by atoms with van der Waals surface area (Å²) in [6.45, 7) is 25.8. The molecule has 0 N–H and O–H groups in total. The topological polar surface area (TPSA) is 153 Å². The molecule has 13 nitrogen and oxygen atoms in total. The molecule has 5 heterocycles. The third kappa shape index (κ3) is 18.6. The maximum atomic E-state index is 6.26. The molecule has 13 aromatic carbocycles. The molecule has 16 aromatic rings. The fourth-order valence-corrected chi connectivity index (χ4v) is 16.6. The Morgan fingerprint density at radius 3 is 0.560 bits per heavy atom. The first-order valence-electron chi connectivity index (χ1n) is 43.3. The second-order valence-electron chi connectivity index (χ2n) is 33.9. The molecule has 0 radical (unpaired) electrons. The Hall–Kier alpha value is -12.9. The summed E-state index contributed by atoms with van der Waals surface area (Å²) in [6, 6.07) is 121. The average molecular weight is 1660 g/mol. The SMILES string of the molecule is CCC(CC)(c1ccc(-c2nc(-c3ccccc3)nc(-c3ccc(-c4ccccc4)cc3)n2)cc1)c1ccc(-c2nc(-c3ccccc3)nc(-c3ccc(-c4ccccc4)cc3)n2)cc1.CCC(CC)(c1ccc(B2OC(C)(C)C(C)(C)O2)cc1)c1ccc(B2OC(C)(C)C(C)(C)O2)cc1.Clc1nc(-c2ccccc2)nc(-c2ccc(-c3ccccc3)cc2)n1. The molecule has 2 aliphatic heterocycles. The summed E-state index contributed by atoms with van der Waals surface area (Å²) >= 11 is 6.11. The molecule has 0 amide bonds. The van der Waals surface area contributed by atoms with Gasteiger partial charge < -0.3 is 18.6 Å². The Kier molecular flexibility index (Phi) is 25.3. The quantitative estimate of drug-likeness (QED) is 0.0628. The van der Waals surface area contributed by atoms with Crippen molar-refractivity contribution in [1.29, 1.82) is 0 Å². The maximum Gasteiger partial charge on any atom is 0.494 e. The second-order valence-corrected chi connectivity index (χ2v) is 34.3. The summed E-state index contributed by atoms with van der Waals surface area (Å²) in [5.41, 5.74) is 19.9. The minimum absolute atomic E-state index is 0.0665. The van der Waals surface area contributed by atoms with Crippen molar-refractivity contribution in [1.82, 2.24) is 44.9 Å². The highest BCUT2D eigenvalue weighted by molar-refractivity contribution is 6.62. The van der Waals surface area contributed by atoms with Crippen molar-refractivity contribution in [2.45, 2.75) is 142 Å². The first kappa shape index (κ1) is 85.7. The predicted octanol–water partition coefficient (Wildman–Crippen LogP) is 25.4. The highest BCUT2D eigenvalue weighted by Crippen LogP contribution is 2.44. The number of hydrogen-bond donors (Lipinski definition) is 0. The third-order valence-corrected chi connectivity index (χ3v) is 25.7. The molecule has 3 aromatic heterocycles. The van der Waals surface area contributed by atoms with Crippen LogP contribution in [0.3, 0.4) is 0 Å². The fourth-order valence-electron chi connectivity index (χ4n) is 16.4. The molecular formula is C109H102B2ClN9O4. The summed E-state index contributed by atoms with van der Waals surface area (Å²) in [5, 5.41) is 0.191. The van der Waals surface area contributed by atoms with Gasteiger partial charge in [0, 0.05) is 55.3 Å². The largest absolute Gasteiger partial charge is 0.494 e. The minimum Gasteiger partial charge on any atom is -0.399 e. The van der Waals surface area contributed by atoms with Gasteiger partial charge in [-0.2, -0.15) is 9.97 Å². The zero-order chi connectivity index (χ0) is 86.9. The summed E-state index contributed by atoms with van der Waals surface area (Å²) < 4.78 is 25.0. The number of hydrogen-bond acceptors (Lipinski definition) is 13. The van der Waals surface area contributed by atoms with Gasteiger partial charge in [0.1, 0.15) is 0 Å². The van der Waals surface area contributed by atoms with E-state index in [1.165, 1.54) is 38.9 Å². The van der Waals surface area contributed by atoms with E-state index in [0.717, 1.165) is 97.8 Å². The van der Waals surface area contributed by atoms with E-state index in [2.05, 4.69) is 316 Å². The van der Waals surface area contributed by atoms with Gasteiger partial charge in [-0.15, -0.1) is 0 Å². The lowest BCUT2D eigenvalue weighted by Gasteiger charge is -2.33. The van der Waals surface area contributed by atoms with Gasteiger partial charge in [-0.05, 0) is 159 Å². The Morgan fingerprint density at radius 2 is 0.360 bits per heavy atom. The van der Waals surface area contributed by atoms with E-state index in [1.807, 2.05) is 133 Å². The summed E-state index contributed by atoms with van der Waals surface area (Å²) in [5.74, 6) is 4.96. The van der Waals surface area contributed by atoms with Crippen molar-refractivity contribution in [3.63, 3.8) is 0 Å². The number of rotatable bonds is 21. The lowest BCUT2D eigenvalue weighted by molar-refractivity contribution is 0.00578. The molecule has 2 fully saturated rings. The number of benzene rings is 13. The van der Waals surface area contributed by atoms with Crippen LogP contribution >= 0.6 is 11.6 Å². The van der Waals surface area contributed by atoms with Crippen LogP contribution in [0, 0.1) is 0 Å². The Labute approximate surface area is 741 Å². The molecule has 18 rings (SSSR count). The lowest BCUT2D eigenvalue weighted by Crippen LogP contribution is -2.41. The van der Waals surface area contributed by atoms with Gasteiger partial charge in [0.15, 0.2) is 46.6 Å². The van der Waals surface area contributed by atoms with Crippen LogP contribution in [-0.4, -0.2) is 81.5 Å². The molecule has 2 saturated heterocycles. The molecule has 0 atom stereocenters. The third-order valence-electron chi connectivity index (χ3n) is 25.5. The lowest BCUT2D eigenvalue weighted by atomic mass is 9.68. The van der Waals surface area contributed by atoms with Crippen LogP contribution in [0.2, 0.25) is 5.28 Å². The molecule has 16 heteroatoms. The number of nitrogens with zero attached hydrogens (tertiary/aromatic N) is 9. The van der Waals surface area contributed by atoms with Crippen LogP contribution < -0.4 is 10.9 Å². The van der Waals surface area contributed by atoms with E-state index < -0.39 is 0 Å². The average Bonchev–Trinajstić information content (AvgIpc) is 1.30. The summed E-state index contributed by atoms with van der Waals surface area (Å²) in [6.07, 6.45) is 3.86. The van der Waals surface area contributed by atoms with Crippen molar-refractivity contribution in [2.24, 2.45) is 0 Å². The van der Waals surface area contributed by atoms with E-state index in [4.69, 9.17) is 60.1 Å². The fraction of sp³-hybridized carbons (Fsp3) is 0.202. The van der Waals surface area contributed by atoms with Crippen molar-refractivity contribution in [3.05, 3.63) is 379 Å². The monoisotopic (exact) mass is 1660 g/mol.